The summed E-state index contributed by atoms with van der Waals surface area (Å²) in [6, 6.07) is 18.7. The first-order valence-corrected chi connectivity index (χ1v) is 10.0. The number of aromatic nitrogens is 1. The van der Waals surface area contributed by atoms with Crippen LogP contribution < -0.4 is 5.32 Å². The number of halogens is 3. The smallest absolute Gasteiger partial charge is 0.318 e. The Morgan fingerprint density at radius 1 is 0.844 bits per heavy atom. The maximum Gasteiger partial charge on any atom is 0.322 e. The summed E-state index contributed by atoms with van der Waals surface area (Å²) < 4.78 is 43.5. The Balaban J connectivity index is 1.65. The molecule has 0 spiro atoms. The van der Waals surface area contributed by atoms with E-state index in [4.69, 9.17) is 0 Å². The number of carbonyl (C=O) groups is 1. The highest BCUT2D eigenvalue weighted by Crippen LogP contribution is 2.37. The Bertz CT molecular complexity index is 1280. The van der Waals surface area contributed by atoms with Crippen molar-refractivity contribution in [2.24, 2.45) is 0 Å². The quantitative estimate of drug-likeness (QED) is 0.412. The molecule has 7 heteroatoms. The van der Waals surface area contributed by atoms with E-state index in [1.54, 1.807) is 0 Å². The van der Waals surface area contributed by atoms with Crippen LogP contribution in [0.2, 0.25) is 0 Å². The number of nitrogens with zero attached hydrogens (tertiary/aromatic N) is 2. The van der Waals surface area contributed by atoms with Gasteiger partial charge < -0.3 is 14.8 Å². The van der Waals surface area contributed by atoms with E-state index >= 15 is 0 Å². The zero-order valence-electron chi connectivity index (χ0n) is 16.8. The fourth-order valence-corrected chi connectivity index (χ4v) is 4.15. The minimum atomic E-state index is -0.761. The van der Waals surface area contributed by atoms with Gasteiger partial charge in [-0.25, -0.2) is 18.0 Å². The first-order chi connectivity index (χ1) is 15.5. The third kappa shape index (κ3) is 3.62. The van der Waals surface area contributed by atoms with E-state index < -0.39 is 29.5 Å². The number of para-hydroxylation sites is 1. The molecule has 3 aromatic carbocycles. The average molecular weight is 433 g/mol. The molecule has 0 aliphatic carbocycles. The van der Waals surface area contributed by atoms with Gasteiger partial charge in [-0.15, -0.1) is 0 Å². The molecule has 0 unspecified atom stereocenters. The topological polar surface area (TPSA) is 37.3 Å². The molecule has 1 aliphatic rings. The van der Waals surface area contributed by atoms with Gasteiger partial charge in [0.2, 0.25) is 0 Å². The number of nitrogens with one attached hydrogen (secondary N) is 1. The van der Waals surface area contributed by atoms with Crippen LogP contribution in [-0.2, 0) is 6.54 Å². The van der Waals surface area contributed by atoms with Crippen molar-refractivity contribution in [1.29, 1.82) is 0 Å². The van der Waals surface area contributed by atoms with Crippen molar-refractivity contribution in [1.82, 2.24) is 9.47 Å². The van der Waals surface area contributed by atoms with Crippen LogP contribution in [0.4, 0.5) is 23.7 Å². The number of amides is 2. The van der Waals surface area contributed by atoms with Gasteiger partial charge in [0.15, 0.2) is 0 Å². The zero-order chi connectivity index (χ0) is 22.2. The SMILES string of the molecule is O=C(Nc1ccc(F)cc1)N1Cc2ccccc2-n2cccc2[C@H]1c1cc(F)cc(F)c1. The molecular formula is C25H18F3N3O. The van der Waals surface area contributed by atoms with E-state index in [0.717, 1.165) is 17.3 Å². The van der Waals surface area contributed by atoms with Crippen LogP contribution in [0, 0.1) is 17.5 Å². The minimum Gasteiger partial charge on any atom is -0.318 e. The second-order valence-electron chi connectivity index (χ2n) is 7.60. The fourth-order valence-electron chi connectivity index (χ4n) is 4.15. The number of hydrogen-bond donors (Lipinski definition) is 1. The highest BCUT2D eigenvalue weighted by molar-refractivity contribution is 5.90. The number of anilines is 1. The molecule has 4 nitrogen and oxygen atoms in total. The third-order valence-corrected chi connectivity index (χ3v) is 5.52. The van der Waals surface area contributed by atoms with E-state index in [1.807, 2.05) is 47.2 Å². The predicted molar refractivity (Wildman–Crippen MR) is 115 cm³/mol. The van der Waals surface area contributed by atoms with Gasteiger partial charge in [-0.05, 0) is 65.7 Å². The molecule has 0 bridgehead atoms. The van der Waals surface area contributed by atoms with Crippen LogP contribution in [-0.4, -0.2) is 15.5 Å². The average Bonchev–Trinajstić information content (AvgIpc) is 3.18. The van der Waals surface area contributed by atoms with Gasteiger partial charge in [0.05, 0.1) is 18.3 Å². The van der Waals surface area contributed by atoms with Gasteiger partial charge in [-0.2, -0.15) is 0 Å². The van der Waals surface area contributed by atoms with Crippen LogP contribution >= 0.6 is 0 Å². The number of hydrogen-bond acceptors (Lipinski definition) is 1. The molecule has 1 aromatic heterocycles. The Labute approximate surface area is 182 Å². The first kappa shape index (κ1) is 19.9. The van der Waals surface area contributed by atoms with E-state index in [-0.39, 0.29) is 6.54 Å². The second-order valence-corrected chi connectivity index (χ2v) is 7.60. The van der Waals surface area contributed by atoms with Crippen LogP contribution in [0.15, 0.2) is 85.1 Å². The van der Waals surface area contributed by atoms with Crippen LogP contribution in [0.1, 0.15) is 22.9 Å². The minimum absolute atomic E-state index is 0.202. The first-order valence-electron chi connectivity index (χ1n) is 10.0. The summed E-state index contributed by atoms with van der Waals surface area (Å²) in [5.41, 5.74) is 3.16. The number of rotatable bonds is 2. The molecule has 0 saturated heterocycles. The largest absolute Gasteiger partial charge is 0.322 e. The number of fused-ring (bicyclic) bond motifs is 3. The van der Waals surface area contributed by atoms with Crippen molar-refractivity contribution in [3.63, 3.8) is 0 Å². The molecule has 160 valence electrons. The summed E-state index contributed by atoms with van der Waals surface area (Å²) in [4.78, 5) is 14.9. The lowest BCUT2D eigenvalue weighted by Gasteiger charge is -2.31. The van der Waals surface area contributed by atoms with Gasteiger partial charge in [-0.1, -0.05) is 18.2 Å². The van der Waals surface area contributed by atoms with Crippen LogP contribution in [0.3, 0.4) is 0 Å². The standard InChI is InChI=1S/C25H18F3N3O/c26-18-7-9-21(10-8-18)29-25(32)31-15-16-4-1-2-5-22(16)30-11-3-6-23(30)24(31)17-12-19(27)14-20(28)13-17/h1-14,24H,15H2,(H,29,32)/t24-/m1/s1. The summed E-state index contributed by atoms with van der Waals surface area (Å²) in [7, 11) is 0. The third-order valence-electron chi connectivity index (χ3n) is 5.52. The summed E-state index contributed by atoms with van der Waals surface area (Å²) in [6.45, 7) is 0.202. The van der Waals surface area contributed by atoms with Gasteiger partial charge >= 0.3 is 6.03 Å². The highest BCUT2D eigenvalue weighted by Gasteiger charge is 2.33. The molecule has 1 aliphatic heterocycles. The van der Waals surface area contributed by atoms with Crippen molar-refractivity contribution in [3.05, 3.63) is 119 Å². The molecule has 2 heterocycles. The molecule has 1 N–H and O–H groups in total. The van der Waals surface area contributed by atoms with Crippen LogP contribution in [0.25, 0.3) is 5.69 Å². The van der Waals surface area contributed by atoms with Crippen molar-refractivity contribution in [2.75, 3.05) is 5.32 Å². The molecular weight excluding hydrogens is 415 g/mol. The number of benzene rings is 3. The summed E-state index contributed by atoms with van der Waals surface area (Å²) >= 11 is 0. The number of carbonyl (C=O) groups excluding carboxylic acids is 1. The van der Waals surface area contributed by atoms with Crippen molar-refractivity contribution in [3.8, 4) is 5.69 Å². The Kier molecular flexibility index (Phi) is 4.93. The highest BCUT2D eigenvalue weighted by atomic mass is 19.1. The van der Waals surface area contributed by atoms with Crippen molar-refractivity contribution < 1.29 is 18.0 Å². The second kappa shape index (κ2) is 7.92. The van der Waals surface area contributed by atoms with Gasteiger partial charge in [-0.3, -0.25) is 0 Å². The van der Waals surface area contributed by atoms with Gasteiger partial charge in [0.1, 0.15) is 17.5 Å². The summed E-state index contributed by atoms with van der Waals surface area (Å²) in [5.74, 6) is -1.87. The molecule has 4 aromatic rings. The lowest BCUT2D eigenvalue weighted by molar-refractivity contribution is 0.194. The molecule has 1 atom stereocenters. The molecule has 2 amide bonds. The van der Waals surface area contributed by atoms with E-state index in [2.05, 4.69) is 5.32 Å². The van der Waals surface area contributed by atoms with E-state index in [0.29, 0.717) is 16.9 Å². The van der Waals surface area contributed by atoms with Gasteiger partial charge in [0, 0.05) is 23.6 Å². The molecule has 0 fully saturated rings. The normalized spacial score (nSPS) is 15.0. The lowest BCUT2D eigenvalue weighted by Crippen LogP contribution is -2.38. The Morgan fingerprint density at radius 3 is 2.31 bits per heavy atom. The lowest BCUT2D eigenvalue weighted by atomic mass is 10.0. The summed E-state index contributed by atoms with van der Waals surface area (Å²) in [5, 5.41) is 2.77. The van der Waals surface area contributed by atoms with Crippen molar-refractivity contribution in [2.45, 2.75) is 12.6 Å². The monoisotopic (exact) mass is 433 g/mol. The number of urea groups is 1. The molecule has 5 rings (SSSR count). The molecule has 0 saturated carbocycles. The molecule has 32 heavy (non-hydrogen) atoms. The maximum absolute atomic E-state index is 14.2. The molecule has 0 radical (unpaired) electrons. The Hall–Kier alpha value is -4.00. The van der Waals surface area contributed by atoms with Gasteiger partial charge in [0.25, 0.3) is 0 Å². The summed E-state index contributed by atoms with van der Waals surface area (Å²) in [6.07, 6.45) is 1.86. The van der Waals surface area contributed by atoms with E-state index in [9.17, 15) is 18.0 Å². The fraction of sp³-hybridized carbons (Fsp3) is 0.0800. The zero-order valence-corrected chi connectivity index (χ0v) is 16.8. The maximum atomic E-state index is 14.2. The van der Waals surface area contributed by atoms with Crippen LogP contribution in [0.5, 0.6) is 0 Å². The Morgan fingerprint density at radius 2 is 1.56 bits per heavy atom. The van der Waals surface area contributed by atoms with E-state index in [1.165, 1.54) is 41.3 Å². The predicted octanol–water partition coefficient (Wildman–Crippen LogP) is 6.03. The van der Waals surface area contributed by atoms with Crippen molar-refractivity contribution >= 4 is 11.7 Å².